The van der Waals surface area contributed by atoms with Crippen molar-refractivity contribution in [3.05, 3.63) is 9.97 Å². The number of rotatable bonds is 0. The molecule has 0 bridgehead atoms. The van der Waals surface area contributed by atoms with Gasteiger partial charge in [0.1, 0.15) is 0 Å². The van der Waals surface area contributed by atoms with Crippen LogP contribution < -0.4 is 0 Å². The van der Waals surface area contributed by atoms with Gasteiger partial charge in [-0.3, -0.25) is 0 Å². The van der Waals surface area contributed by atoms with Crippen LogP contribution in [-0.4, -0.2) is 0 Å². The normalized spacial score (nSPS) is 6.57. The summed E-state index contributed by atoms with van der Waals surface area (Å²) in [5, 5.41) is 7.32. The third kappa shape index (κ3) is 76.7. The summed E-state index contributed by atoms with van der Waals surface area (Å²) in [5.41, 5.74) is 0. The molecule has 40 valence electrons. The molecule has 0 aliphatic carbocycles. The molecule has 0 unspecified atom stereocenters. The summed E-state index contributed by atoms with van der Waals surface area (Å²) < 4.78 is 0. The maximum atomic E-state index is 7.32. The van der Waals surface area contributed by atoms with Crippen molar-refractivity contribution in [2.45, 2.75) is 6.92 Å². The highest BCUT2D eigenvalue weighted by Crippen LogP contribution is 1.86. The summed E-state index contributed by atoms with van der Waals surface area (Å²) in [6, 6.07) is 1.75. The molecule has 0 saturated heterocycles. The first kappa shape index (κ1) is 10.2. The fraction of sp³-hybridized carbons (Fsp3) is 0.250. The summed E-state index contributed by atoms with van der Waals surface area (Å²) in [5.74, 6) is 0. The molecule has 0 amide bonds. The second-order valence-corrected chi connectivity index (χ2v) is 1.53. The van der Waals surface area contributed by atoms with Crippen molar-refractivity contribution in [3.63, 3.8) is 0 Å². The second kappa shape index (κ2) is 16.4. The van der Waals surface area contributed by atoms with Crippen LogP contribution in [0.5, 0.6) is 0 Å². The molecular weight excluding hydrogens is 222 g/mol. The molecule has 0 rings (SSSR count). The highest BCUT2D eigenvalue weighted by molar-refractivity contribution is 9.13. The standard InChI is InChI=1S/C2H2Br2.C2H3N/c3-1-2-4;1-2-3/h1-2H;1H3. The van der Waals surface area contributed by atoms with Crippen molar-refractivity contribution in [3.8, 4) is 6.07 Å². The van der Waals surface area contributed by atoms with Gasteiger partial charge < -0.3 is 0 Å². The van der Waals surface area contributed by atoms with E-state index in [1.54, 1.807) is 16.0 Å². The molecule has 7 heavy (non-hydrogen) atoms. The van der Waals surface area contributed by atoms with Gasteiger partial charge in [0.05, 0.1) is 6.07 Å². The molecular formula is C4H5Br2N. The Balaban J connectivity index is 0. The lowest BCUT2D eigenvalue weighted by molar-refractivity contribution is 1.49. The van der Waals surface area contributed by atoms with E-state index in [-0.39, 0.29) is 0 Å². The maximum Gasteiger partial charge on any atom is 0.0587 e. The van der Waals surface area contributed by atoms with Crippen molar-refractivity contribution in [2.75, 3.05) is 0 Å². The highest BCUT2D eigenvalue weighted by Gasteiger charge is 1.39. The van der Waals surface area contributed by atoms with Crippen LogP contribution in [0.15, 0.2) is 9.97 Å². The third-order valence-electron chi connectivity index (χ3n) is 0.0476. The maximum absolute atomic E-state index is 7.32. The van der Waals surface area contributed by atoms with Crippen LogP contribution >= 0.6 is 31.9 Å². The lowest BCUT2D eigenvalue weighted by Crippen LogP contribution is -1.10. The molecule has 0 atom stereocenters. The fourth-order valence-corrected chi connectivity index (χ4v) is 0. The number of hydrogen-bond donors (Lipinski definition) is 0. The van der Waals surface area contributed by atoms with Gasteiger partial charge in [-0.2, -0.15) is 5.26 Å². The molecule has 3 heteroatoms. The van der Waals surface area contributed by atoms with E-state index in [0.29, 0.717) is 0 Å². The van der Waals surface area contributed by atoms with E-state index in [4.69, 9.17) is 5.26 Å². The van der Waals surface area contributed by atoms with Gasteiger partial charge in [-0.1, -0.05) is 31.9 Å². The monoisotopic (exact) mass is 225 g/mol. The van der Waals surface area contributed by atoms with Crippen LogP contribution in [0.1, 0.15) is 6.92 Å². The fourth-order valence-electron chi connectivity index (χ4n) is 0. The van der Waals surface area contributed by atoms with Gasteiger partial charge in [0.15, 0.2) is 0 Å². The lowest BCUT2D eigenvalue weighted by atomic mass is 11.0. The van der Waals surface area contributed by atoms with E-state index in [1.807, 2.05) is 0 Å². The topological polar surface area (TPSA) is 23.8 Å². The average Bonchev–Trinajstić information content (AvgIpc) is 1.69. The van der Waals surface area contributed by atoms with Crippen molar-refractivity contribution in [2.24, 2.45) is 0 Å². The summed E-state index contributed by atoms with van der Waals surface area (Å²) in [7, 11) is 0. The van der Waals surface area contributed by atoms with Crippen LogP contribution in [0.25, 0.3) is 0 Å². The van der Waals surface area contributed by atoms with Crippen LogP contribution in [0.4, 0.5) is 0 Å². The Morgan fingerprint density at radius 2 is 1.57 bits per heavy atom. The Morgan fingerprint density at radius 1 is 1.43 bits per heavy atom. The minimum absolute atomic E-state index is 1.43. The molecule has 0 aromatic carbocycles. The molecule has 0 spiro atoms. The zero-order valence-corrected chi connectivity index (χ0v) is 7.03. The zero-order valence-electron chi connectivity index (χ0n) is 3.86. The number of halogens is 2. The van der Waals surface area contributed by atoms with Gasteiger partial charge in [-0.25, -0.2) is 0 Å². The zero-order chi connectivity index (χ0) is 6.12. The van der Waals surface area contributed by atoms with E-state index in [1.165, 1.54) is 6.92 Å². The van der Waals surface area contributed by atoms with Crippen molar-refractivity contribution in [1.29, 1.82) is 5.26 Å². The molecule has 0 aliphatic heterocycles. The van der Waals surface area contributed by atoms with Crippen molar-refractivity contribution < 1.29 is 0 Å². The van der Waals surface area contributed by atoms with E-state index >= 15 is 0 Å². The van der Waals surface area contributed by atoms with Crippen molar-refractivity contribution >= 4 is 31.9 Å². The van der Waals surface area contributed by atoms with Gasteiger partial charge in [0, 0.05) is 6.92 Å². The third-order valence-corrected chi connectivity index (χ3v) is 1.29. The minimum Gasteiger partial charge on any atom is -0.199 e. The Labute approximate surface area is 60.3 Å². The van der Waals surface area contributed by atoms with E-state index < -0.39 is 0 Å². The molecule has 0 heterocycles. The Hall–Kier alpha value is 0.190. The highest BCUT2D eigenvalue weighted by atomic mass is 79.9. The molecule has 0 aliphatic rings. The molecule has 0 radical (unpaired) electrons. The Kier molecular flexibility index (Phi) is 23.9. The van der Waals surface area contributed by atoms with Gasteiger partial charge >= 0.3 is 0 Å². The van der Waals surface area contributed by atoms with E-state index in [0.717, 1.165) is 0 Å². The Morgan fingerprint density at radius 3 is 1.57 bits per heavy atom. The smallest absolute Gasteiger partial charge is 0.0587 e. The molecule has 0 fully saturated rings. The Bertz CT molecular complexity index is 68.2. The van der Waals surface area contributed by atoms with E-state index in [9.17, 15) is 0 Å². The summed E-state index contributed by atoms with van der Waals surface area (Å²) in [4.78, 5) is 3.46. The molecule has 1 nitrogen and oxygen atoms in total. The van der Waals surface area contributed by atoms with Gasteiger partial charge in [0.25, 0.3) is 0 Å². The minimum atomic E-state index is 1.43. The predicted octanol–water partition coefficient (Wildman–Crippen LogP) is 2.78. The first-order chi connectivity index (χ1) is 3.33. The van der Waals surface area contributed by atoms with Gasteiger partial charge in [-0.05, 0) is 9.97 Å². The lowest BCUT2D eigenvalue weighted by Gasteiger charge is -1.44. The van der Waals surface area contributed by atoms with Crippen LogP contribution in [-0.2, 0) is 0 Å². The van der Waals surface area contributed by atoms with Crippen LogP contribution in [0.2, 0.25) is 0 Å². The summed E-state index contributed by atoms with van der Waals surface area (Å²) in [6.45, 7) is 1.43. The van der Waals surface area contributed by atoms with Crippen LogP contribution in [0.3, 0.4) is 0 Å². The second-order valence-electron chi connectivity index (χ2n) is 0.476. The summed E-state index contributed by atoms with van der Waals surface area (Å²) >= 11 is 6.04. The summed E-state index contributed by atoms with van der Waals surface area (Å²) in [6.07, 6.45) is 0. The number of nitrogens with zero attached hydrogens (tertiary/aromatic N) is 1. The molecule has 0 N–H and O–H groups in total. The SMILES string of the molecule is BrC=CBr.CC#N. The number of nitriles is 1. The first-order valence-electron chi connectivity index (χ1n) is 1.49. The molecule has 0 saturated carbocycles. The average molecular weight is 227 g/mol. The quantitative estimate of drug-likeness (QED) is 0.623. The van der Waals surface area contributed by atoms with Gasteiger partial charge in [0.2, 0.25) is 0 Å². The molecule has 0 aromatic heterocycles. The molecule has 0 aromatic rings. The van der Waals surface area contributed by atoms with Crippen molar-refractivity contribution in [1.82, 2.24) is 0 Å². The number of hydrogen-bond acceptors (Lipinski definition) is 1. The predicted molar refractivity (Wildman–Crippen MR) is 38.3 cm³/mol. The van der Waals surface area contributed by atoms with Gasteiger partial charge in [-0.15, -0.1) is 0 Å². The van der Waals surface area contributed by atoms with Crippen LogP contribution in [0, 0.1) is 11.3 Å². The first-order valence-corrected chi connectivity index (χ1v) is 3.32. The van der Waals surface area contributed by atoms with E-state index in [2.05, 4.69) is 31.9 Å². The largest absolute Gasteiger partial charge is 0.199 e.